The first-order valence-corrected chi connectivity index (χ1v) is 6.17. The summed E-state index contributed by atoms with van der Waals surface area (Å²) in [6.07, 6.45) is 1.22. The van der Waals surface area contributed by atoms with E-state index in [-0.39, 0.29) is 12.5 Å². The molecule has 1 N–H and O–H groups in total. The monoisotopic (exact) mass is 266 g/mol. The van der Waals surface area contributed by atoms with Gasteiger partial charge in [-0.05, 0) is 24.3 Å². The summed E-state index contributed by atoms with van der Waals surface area (Å²) in [7, 11) is 0. The highest BCUT2D eigenvalue weighted by Gasteiger charge is 2.09. The van der Waals surface area contributed by atoms with Gasteiger partial charge in [-0.25, -0.2) is 4.79 Å². The Morgan fingerprint density at radius 1 is 1.05 bits per heavy atom. The van der Waals surface area contributed by atoms with Crippen LogP contribution >= 0.6 is 0 Å². The second kappa shape index (κ2) is 6.92. The molecule has 0 aliphatic rings. The van der Waals surface area contributed by atoms with Gasteiger partial charge in [-0.1, -0.05) is 36.4 Å². The summed E-state index contributed by atoms with van der Waals surface area (Å²) in [5.74, 6) is 1.50. The zero-order valence-electron chi connectivity index (χ0n) is 10.8. The molecule has 0 heterocycles. The van der Waals surface area contributed by atoms with Gasteiger partial charge >= 0.3 is 0 Å². The van der Waals surface area contributed by atoms with E-state index in [2.05, 4.69) is 5.32 Å². The van der Waals surface area contributed by atoms with Crippen LogP contribution in [-0.2, 0) is 9.59 Å². The van der Waals surface area contributed by atoms with Crippen LogP contribution in [0.2, 0.25) is 0 Å². The van der Waals surface area contributed by atoms with E-state index < -0.39 is 0 Å². The summed E-state index contributed by atoms with van der Waals surface area (Å²) in [5.41, 5.74) is 1.49. The van der Waals surface area contributed by atoms with E-state index in [0.717, 1.165) is 11.4 Å². The van der Waals surface area contributed by atoms with Gasteiger partial charge in [-0.15, -0.1) is 0 Å². The lowest BCUT2D eigenvalue weighted by Crippen LogP contribution is -2.29. The molecule has 0 atom stereocenters. The molecule has 0 fully saturated rings. The summed E-state index contributed by atoms with van der Waals surface area (Å²) >= 11 is 0. The Bertz CT molecular complexity index is 605. The van der Waals surface area contributed by atoms with Crippen molar-refractivity contribution in [3.63, 3.8) is 0 Å². The summed E-state index contributed by atoms with van der Waals surface area (Å²) in [5, 5.41) is 2.77. The number of para-hydroxylation sites is 2. The number of amides is 1. The van der Waals surface area contributed by atoms with Crippen LogP contribution in [0.5, 0.6) is 0 Å². The molecule has 0 saturated heterocycles. The predicted octanol–water partition coefficient (Wildman–Crippen LogP) is 2.48. The van der Waals surface area contributed by atoms with E-state index in [1.54, 1.807) is 23.0 Å². The smallest absolute Gasteiger partial charge is 0.244 e. The van der Waals surface area contributed by atoms with Crippen molar-refractivity contribution in [3.8, 4) is 0 Å². The van der Waals surface area contributed by atoms with Gasteiger partial charge in [0, 0.05) is 11.4 Å². The largest absolute Gasteiger partial charge is 0.329 e. The van der Waals surface area contributed by atoms with Gasteiger partial charge in [0.1, 0.15) is 12.5 Å². The molecule has 0 radical (unpaired) electrons. The minimum absolute atomic E-state index is 0.0497. The Hall–Kier alpha value is -2.84. The van der Waals surface area contributed by atoms with Crippen molar-refractivity contribution in [2.45, 2.75) is 0 Å². The third-order valence-corrected chi connectivity index (χ3v) is 2.67. The lowest BCUT2D eigenvalue weighted by Gasteiger charge is -2.18. The first kappa shape index (κ1) is 13.6. The van der Waals surface area contributed by atoms with E-state index in [1.807, 2.05) is 48.5 Å². The second-order valence-electron chi connectivity index (χ2n) is 4.12. The third-order valence-electron chi connectivity index (χ3n) is 2.67. The van der Waals surface area contributed by atoms with E-state index in [9.17, 15) is 9.59 Å². The van der Waals surface area contributed by atoms with Crippen molar-refractivity contribution in [1.82, 2.24) is 0 Å². The van der Waals surface area contributed by atoms with Crippen LogP contribution in [0.4, 0.5) is 11.4 Å². The molecule has 0 aliphatic carbocycles. The fraction of sp³-hybridized carbons (Fsp3) is 0.0625. The maximum absolute atomic E-state index is 12.0. The van der Waals surface area contributed by atoms with Crippen molar-refractivity contribution in [2.75, 3.05) is 16.8 Å². The highest BCUT2D eigenvalue weighted by Crippen LogP contribution is 2.13. The van der Waals surface area contributed by atoms with Crippen LogP contribution < -0.4 is 10.2 Å². The molecule has 2 aromatic carbocycles. The van der Waals surface area contributed by atoms with E-state index in [0.29, 0.717) is 0 Å². The van der Waals surface area contributed by atoms with Crippen LogP contribution in [0.1, 0.15) is 0 Å². The minimum Gasteiger partial charge on any atom is -0.329 e. The third kappa shape index (κ3) is 3.83. The van der Waals surface area contributed by atoms with E-state index in [4.69, 9.17) is 0 Å². The molecule has 4 heteroatoms. The molecule has 1 amide bonds. The molecule has 0 unspecified atom stereocenters. The zero-order valence-corrected chi connectivity index (χ0v) is 10.8. The molecule has 2 aromatic rings. The standard InChI is InChI=1S/C16H14N2O2/c19-12-11-18(15-9-5-2-6-10-15)13-16(20)17-14-7-3-1-4-8-14/h1-11H,13H2,(H,17,20). The Kier molecular flexibility index (Phi) is 4.70. The fourth-order valence-electron chi connectivity index (χ4n) is 1.77. The molecular formula is C16H14N2O2. The Morgan fingerprint density at radius 2 is 1.65 bits per heavy atom. The molecule has 0 aliphatic heterocycles. The summed E-state index contributed by atoms with van der Waals surface area (Å²) in [4.78, 5) is 24.1. The summed E-state index contributed by atoms with van der Waals surface area (Å²) < 4.78 is 0. The highest BCUT2D eigenvalue weighted by atomic mass is 16.2. The number of hydrogen-bond acceptors (Lipinski definition) is 3. The topological polar surface area (TPSA) is 49.4 Å². The first-order valence-electron chi connectivity index (χ1n) is 6.17. The molecule has 0 bridgehead atoms. The van der Waals surface area contributed by atoms with Gasteiger partial charge in [-0.2, -0.15) is 0 Å². The van der Waals surface area contributed by atoms with Gasteiger partial charge in [0.15, 0.2) is 0 Å². The lowest BCUT2D eigenvalue weighted by atomic mass is 10.3. The van der Waals surface area contributed by atoms with E-state index in [1.165, 1.54) is 6.20 Å². The predicted molar refractivity (Wildman–Crippen MR) is 79.1 cm³/mol. The number of nitrogens with one attached hydrogen (secondary N) is 1. The van der Waals surface area contributed by atoms with Crippen LogP contribution in [0.25, 0.3) is 0 Å². The van der Waals surface area contributed by atoms with Gasteiger partial charge in [0.05, 0.1) is 6.20 Å². The number of hydrogen-bond donors (Lipinski definition) is 1. The number of nitrogens with zero attached hydrogens (tertiary/aromatic N) is 1. The average Bonchev–Trinajstić information content (AvgIpc) is 2.49. The Balaban J connectivity index is 2.05. The van der Waals surface area contributed by atoms with Crippen LogP contribution in [0.3, 0.4) is 0 Å². The van der Waals surface area contributed by atoms with E-state index >= 15 is 0 Å². The van der Waals surface area contributed by atoms with Crippen molar-refractivity contribution < 1.29 is 9.59 Å². The number of anilines is 2. The highest BCUT2D eigenvalue weighted by molar-refractivity contribution is 5.94. The SMILES string of the molecule is O=C=CN(CC(=O)Nc1ccccc1)c1ccccc1. The van der Waals surface area contributed by atoms with Crippen molar-refractivity contribution in [3.05, 3.63) is 66.9 Å². The van der Waals surface area contributed by atoms with Crippen molar-refractivity contribution in [2.24, 2.45) is 0 Å². The second-order valence-corrected chi connectivity index (χ2v) is 4.12. The number of carbonyl (C=O) groups excluding carboxylic acids is 2. The van der Waals surface area contributed by atoms with Crippen molar-refractivity contribution >= 4 is 23.2 Å². The molecule has 4 nitrogen and oxygen atoms in total. The van der Waals surface area contributed by atoms with Gasteiger partial charge in [0.2, 0.25) is 5.91 Å². The maximum atomic E-state index is 12.0. The molecule has 0 aromatic heterocycles. The van der Waals surface area contributed by atoms with Crippen molar-refractivity contribution in [1.29, 1.82) is 0 Å². The fourth-order valence-corrected chi connectivity index (χ4v) is 1.77. The quantitative estimate of drug-likeness (QED) is 0.846. The summed E-state index contributed by atoms with van der Waals surface area (Å²) in [6, 6.07) is 18.4. The van der Waals surface area contributed by atoms with Crippen LogP contribution in [0, 0.1) is 0 Å². The van der Waals surface area contributed by atoms with Gasteiger partial charge in [-0.3, -0.25) is 4.79 Å². The summed E-state index contributed by atoms with van der Waals surface area (Å²) in [6.45, 7) is 0.0497. The number of rotatable bonds is 5. The molecular weight excluding hydrogens is 252 g/mol. The average molecular weight is 266 g/mol. The molecule has 20 heavy (non-hydrogen) atoms. The molecule has 0 spiro atoms. The Morgan fingerprint density at radius 3 is 2.25 bits per heavy atom. The zero-order chi connectivity index (χ0) is 14.2. The normalized spacial score (nSPS) is 9.40. The van der Waals surface area contributed by atoms with Crippen LogP contribution in [0.15, 0.2) is 66.9 Å². The molecule has 2 rings (SSSR count). The first-order chi connectivity index (χ1) is 9.79. The molecule has 0 saturated carbocycles. The number of carbonyl (C=O) groups is 1. The maximum Gasteiger partial charge on any atom is 0.244 e. The van der Waals surface area contributed by atoms with Crippen LogP contribution in [-0.4, -0.2) is 18.4 Å². The Labute approximate surface area is 117 Å². The van der Waals surface area contributed by atoms with Gasteiger partial charge < -0.3 is 10.2 Å². The lowest BCUT2D eigenvalue weighted by molar-refractivity contribution is -0.114. The number of benzene rings is 2. The molecule has 100 valence electrons. The van der Waals surface area contributed by atoms with Gasteiger partial charge in [0.25, 0.3) is 0 Å². The minimum atomic E-state index is -0.202.